The van der Waals surface area contributed by atoms with Crippen LogP contribution in [0.2, 0.25) is 0 Å². The number of hydrogen-bond acceptors (Lipinski definition) is 7. The van der Waals surface area contributed by atoms with Crippen LogP contribution in [0.15, 0.2) is 18.7 Å². The number of imidazole rings is 1. The highest BCUT2D eigenvalue weighted by molar-refractivity contribution is 5.86. The summed E-state index contributed by atoms with van der Waals surface area (Å²) in [4.78, 5) is 22.7. The highest BCUT2D eigenvalue weighted by Crippen LogP contribution is 2.30. The summed E-state index contributed by atoms with van der Waals surface area (Å²) in [6, 6.07) is 0.290. The third-order valence-electron chi connectivity index (χ3n) is 6.29. The van der Waals surface area contributed by atoms with Crippen molar-refractivity contribution < 1.29 is 0 Å². The Morgan fingerprint density at radius 2 is 1.88 bits per heavy atom. The van der Waals surface area contributed by atoms with Gasteiger partial charge in [0.05, 0.1) is 11.3 Å². The quantitative estimate of drug-likeness (QED) is 0.500. The van der Waals surface area contributed by atoms with Crippen LogP contribution in [0, 0.1) is 6.92 Å². The molecule has 9 heteroatoms. The van der Waals surface area contributed by atoms with Crippen LogP contribution in [0.3, 0.4) is 0 Å². The van der Waals surface area contributed by atoms with Gasteiger partial charge in [-0.25, -0.2) is 24.9 Å². The number of fused-ring (bicyclic) bond motifs is 2. The molecule has 1 N–H and O–H groups in total. The highest BCUT2D eigenvalue weighted by Gasteiger charge is 2.26. The van der Waals surface area contributed by atoms with E-state index in [0.717, 1.165) is 73.0 Å². The molecule has 166 valence electrons. The van der Waals surface area contributed by atoms with Crippen LogP contribution in [-0.2, 0) is 32.4 Å². The first kappa shape index (κ1) is 20.5. The van der Waals surface area contributed by atoms with Crippen LogP contribution >= 0.6 is 0 Å². The Kier molecular flexibility index (Phi) is 5.32. The molecule has 0 bridgehead atoms. The Hall–Kier alpha value is -3.36. The molecule has 5 rings (SSSR count). The van der Waals surface area contributed by atoms with Gasteiger partial charge < -0.3 is 9.88 Å². The first-order valence-corrected chi connectivity index (χ1v) is 11.5. The molecule has 9 nitrogen and oxygen atoms in total. The molecule has 32 heavy (non-hydrogen) atoms. The van der Waals surface area contributed by atoms with Crippen molar-refractivity contribution >= 4 is 17.0 Å². The van der Waals surface area contributed by atoms with Gasteiger partial charge in [0.25, 0.3) is 0 Å². The third kappa shape index (κ3) is 3.41. The zero-order chi connectivity index (χ0) is 22.2. The minimum absolute atomic E-state index is 0.290. The van der Waals surface area contributed by atoms with Crippen molar-refractivity contribution in [2.75, 3.05) is 5.32 Å². The Labute approximate surface area is 187 Å². The summed E-state index contributed by atoms with van der Waals surface area (Å²) in [7, 11) is 0. The predicted octanol–water partition coefficient (Wildman–Crippen LogP) is 3.36. The lowest BCUT2D eigenvalue weighted by molar-refractivity contribution is 0.553. The molecule has 4 aromatic rings. The van der Waals surface area contributed by atoms with Crippen molar-refractivity contribution in [3.05, 3.63) is 41.5 Å². The highest BCUT2D eigenvalue weighted by atomic mass is 15.3. The van der Waals surface area contributed by atoms with E-state index >= 15 is 0 Å². The molecule has 4 aromatic heterocycles. The van der Waals surface area contributed by atoms with E-state index in [-0.39, 0.29) is 0 Å². The summed E-state index contributed by atoms with van der Waals surface area (Å²) < 4.78 is 4.27. The van der Waals surface area contributed by atoms with Crippen molar-refractivity contribution in [2.45, 2.75) is 72.5 Å². The second-order valence-corrected chi connectivity index (χ2v) is 8.22. The minimum atomic E-state index is 0.290. The van der Waals surface area contributed by atoms with Crippen molar-refractivity contribution in [3.8, 4) is 11.4 Å². The summed E-state index contributed by atoms with van der Waals surface area (Å²) in [6.07, 6.45) is 9.24. The van der Waals surface area contributed by atoms with Gasteiger partial charge >= 0.3 is 0 Å². The van der Waals surface area contributed by atoms with Gasteiger partial charge in [0.1, 0.15) is 18.0 Å². The molecule has 0 amide bonds. The Balaban J connectivity index is 1.49. The van der Waals surface area contributed by atoms with Crippen LogP contribution in [0.25, 0.3) is 22.6 Å². The zero-order valence-electron chi connectivity index (χ0n) is 19.1. The van der Waals surface area contributed by atoms with Crippen LogP contribution < -0.4 is 5.32 Å². The number of hydrogen-bond donors (Lipinski definition) is 1. The summed E-state index contributed by atoms with van der Waals surface area (Å²) >= 11 is 0. The number of aryl methyl sites for hydroxylation is 4. The molecule has 1 unspecified atom stereocenters. The third-order valence-corrected chi connectivity index (χ3v) is 6.29. The maximum atomic E-state index is 4.92. The Bertz CT molecular complexity index is 1250. The largest absolute Gasteiger partial charge is 0.365 e. The van der Waals surface area contributed by atoms with E-state index in [1.54, 1.807) is 6.33 Å². The first-order valence-electron chi connectivity index (χ1n) is 11.5. The molecule has 0 aliphatic heterocycles. The lowest BCUT2D eigenvalue weighted by Gasteiger charge is -2.25. The van der Waals surface area contributed by atoms with Crippen molar-refractivity contribution in [1.29, 1.82) is 0 Å². The van der Waals surface area contributed by atoms with Crippen LogP contribution in [0.1, 0.15) is 50.0 Å². The molecule has 4 heterocycles. The molecule has 0 radical (unpaired) electrons. The van der Waals surface area contributed by atoms with Gasteiger partial charge in [-0.2, -0.15) is 5.10 Å². The van der Waals surface area contributed by atoms with Crippen molar-refractivity contribution in [2.24, 2.45) is 0 Å². The number of nitrogens with zero attached hydrogens (tertiary/aromatic N) is 8. The van der Waals surface area contributed by atoms with Crippen LogP contribution in [0.4, 0.5) is 5.82 Å². The molecule has 0 aromatic carbocycles. The average molecular weight is 432 g/mol. The smallest absolute Gasteiger partial charge is 0.165 e. The SMILES string of the molecule is CCc1nn(CC)c2c1CC(Nc1ncnc3c1nc(-c1cnc(C)nc1)n3CC)CC2. The molecule has 1 aliphatic rings. The maximum absolute atomic E-state index is 4.92. The molecular formula is C23H29N9. The molecule has 1 atom stereocenters. The van der Waals surface area contributed by atoms with Gasteiger partial charge in [0.15, 0.2) is 17.0 Å². The van der Waals surface area contributed by atoms with E-state index in [4.69, 9.17) is 10.1 Å². The molecule has 0 spiro atoms. The maximum Gasteiger partial charge on any atom is 0.165 e. The zero-order valence-corrected chi connectivity index (χ0v) is 19.1. The number of rotatable bonds is 6. The molecule has 0 saturated carbocycles. The van der Waals surface area contributed by atoms with E-state index in [0.29, 0.717) is 6.04 Å². The normalized spacial score (nSPS) is 15.8. The molecule has 0 saturated heterocycles. The van der Waals surface area contributed by atoms with Crippen molar-refractivity contribution in [3.63, 3.8) is 0 Å². The lowest BCUT2D eigenvalue weighted by Crippen LogP contribution is -2.28. The number of aromatic nitrogens is 8. The van der Waals surface area contributed by atoms with Gasteiger partial charge in [-0.15, -0.1) is 0 Å². The molecular weight excluding hydrogens is 402 g/mol. The van der Waals surface area contributed by atoms with Crippen molar-refractivity contribution in [1.82, 2.24) is 39.3 Å². The summed E-state index contributed by atoms with van der Waals surface area (Å²) in [5.41, 5.74) is 6.51. The Morgan fingerprint density at radius 3 is 2.59 bits per heavy atom. The summed E-state index contributed by atoms with van der Waals surface area (Å²) in [6.45, 7) is 9.99. The minimum Gasteiger partial charge on any atom is -0.365 e. The van der Waals surface area contributed by atoms with E-state index < -0.39 is 0 Å². The van der Waals surface area contributed by atoms with Gasteiger partial charge in [0.2, 0.25) is 0 Å². The van der Waals surface area contributed by atoms with Gasteiger partial charge in [-0.05, 0) is 52.0 Å². The van der Waals surface area contributed by atoms with E-state index in [1.807, 2.05) is 19.3 Å². The number of anilines is 1. The fourth-order valence-electron chi connectivity index (χ4n) is 4.70. The topological polar surface area (TPSA) is 99.2 Å². The Morgan fingerprint density at radius 1 is 1.06 bits per heavy atom. The monoisotopic (exact) mass is 431 g/mol. The molecule has 1 aliphatic carbocycles. The fraction of sp³-hybridized carbons (Fsp3) is 0.478. The standard InChI is InChI=1S/C23H29N9/c1-5-18-17-10-16(8-9-19(17)32(7-3)30-18)28-21-20-23(27-13-26-21)31(6-2)22(29-20)15-11-24-14(4)25-12-15/h11-13,16H,5-10H2,1-4H3,(H,26,27,28). The summed E-state index contributed by atoms with van der Waals surface area (Å²) in [5.74, 6) is 2.34. The van der Waals surface area contributed by atoms with Gasteiger partial charge in [-0.1, -0.05) is 6.92 Å². The molecule has 0 fully saturated rings. The second-order valence-electron chi connectivity index (χ2n) is 8.22. The van der Waals surface area contributed by atoms with Crippen LogP contribution in [-0.4, -0.2) is 45.3 Å². The predicted molar refractivity (Wildman–Crippen MR) is 123 cm³/mol. The fourth-order valence-corrected chi connectivity index (χ4v) is 4.70. The van der Waals surface area contributed by atoms with E-state index in [1.165, 1.54) is 17.0 Å². The van der Waals surface area contributed by atoms with E-state index in [2.05, 4.69) is 55.3 Å². The average Bonchev–Trinajstić information content (AvgIpc) is 3.37. The lowest BCUT2D eigenvalue weighted by atomic mass is 9.91. The van der Waals surface area contributed by atoms with E-state index in [9.17, 15) is 0 Å². The first-order chi connectivity index (χ1) is 15.6. The van der Waals surface area contributed by atoms with Gasteiger partial charge in [-0.3, -0.25) is 4.68 Å². The second kappa shape index (κ2) is 8.29. The summed E-state index contributed by atoms with van der Waals surface area (Å²) in [5, 5.41) is 8.50. The van der Waals surface area contributed by atoms with Crippen LogP contribution in [0.5, 0.6) is 0 Å². The number of nitrogens with one attached hydrogen (secondary N) is 1. The van der Waals surface area contributed by atoms with Gasteiger partial charge in [0, 0.05) is 37.2 Å².